The lowest BCUT2D eigenvalue weighted by molar-refractivity contribution is -0.144. The SMILES string of the molecule is O=C1COc2ccc(cc2)C[C@@H](C(=O)O)CC(=O)[C@@H](CCc2ccccc2)NC(=O)[C@H](Cc2ccc(-c3ccccc3)cc2)NC(=O)[C@@H](Cc2ccncc2)N1. The summed E-state index contributed by atoms with van der Waals surface area (Å²) in [5, 5.41) is 18.7. The predicted molar refractivity (Wildman–Crippen MR) is 210 cm³/mol. The Labute approximate surface area is 325 Å². The maximum absolute atomic E-state index is 14.4. The van der Waals surface area contributed by atoms with Gasteiger partial charge in [0.05, 0.1) is 12.0 Å². The van der Waals surface area contributed by atoms with Crippen LogP contribution in [0.4, 0.5) is 0 Å². The van der Waals surface area contributed by atoms with Crippen LogP contribution in [-0.4, -0.2) is 64.3 Å². The Kier molecular flexibility index (Phi) is 13.3. The van der Waals surface area contributed by atoms with Crippen LogP contribution in [-0.2, 0) is 49.7 Å². The van der Waals surface area contributed by atoms with Crippen molar-refractivity contribution in [2.75, 3.05) is 6.61 Å². The van der Waals surface area contributed by atoms with Gasteiger partial charge in [-0.25, -0.2) is 0 Å². The Morgan fingerprint density at radius 3 is 1.84 bits per heavy atom. The van der Waals surface area contributed by atoms with Crippen LogP contribution in [0.1, 0.15) is 35.1 Å². The Bertz CT molecular complexity index is 2090. The molecule has 2 bridgehead atoms. The monoisotopic (exact) mass is 752 g/mol. The number of carboxylic acid groups (broad SMARTS) is 1. The number of fused-ring (bicyclic) bond motifs is 16. The number of hydrogen-bond donors (Lipinski definition) is 4. The molecular formula is C45H44N4O7. The van der Waals surface area contributed by atoms with Crippen LogP contribution in [0.15, 0.2) is 134 Å². The molecule has 11 heteroatoms. The molecule has 286 valence electrons. The van der Waals surface area contributed by atoms with Crippen LogP contribution in [0.3, 0.4) is 0 Å². The molecule has 2 aliphatic rings. The van der Waals surface area contributed by atoms with Crippen molar-refractivity contribution >= 4 is 29.5 Å². The van der Waals surface area contributed by atoms with Crippen molar-refractivity contribution in [2.45, 2.75) is 56.7 Å². The summed E-state index contributed by atoms with van der Waals surface area (Å²) in [6.45, 7) is -0.396. The molecule has 0 unspecified atom stereocenters. The van der Waals surface area contributed by atoms with Gasteiger partial charge in [-0.1, -0.05) is 97.1 Å². The first-order valence-corrected chi connectivity index (χ1v) is 18.6. The van der Waals surface area contributed by atoms with Crippen LogP contribution in [0.2, 0.25) is 0 Å². The van der Waals surface area contributed by atoms with Crippen LogP contribution >= 0.6 is 0 Å². The van der Waals surface area contributed by atoms with Crippen molar-refractivity contribution in [1.29, 1.82) is 0 Å². The minimum Gasteiger partial charge on any atom is -0.484 e. The van der Waals surface area contributed by atoms with E-state index >= 15 is 0 Å². The zero-order valence-electron chi connectivity index (χ0n) is 30.8. The van der Waals surface area contributed by atoms with Gasteiger partial charge < -0.3 is 25.8 Å². The fraction of sp³-hybridized carbons (Fsp3) is 0.244. The Balaban J connectivity index is 1.33. The largest absolute Gasteiger partial charge is 0.484 e. The van der Waals surface area contributed by atoms with Gasteiger partial charge in [0.25, 0.3) is 5.91 Å². The minimum absolute atomic E-state index is 0.0650. The highest BCUT2D eigenvalue weighted by atomic mass is 16.5. The molecule has 0 aliphatic carbocycles. The summed E-state index contributed by atoms with van der Waals surface area (Å²) < 4.78 is 5.71. The molecule has 11 nitrogen and oxygen atoms in total. The number of ether oxygens (including phenoxy) is 1. The van der Waals surface area contributed by atoms with Gasteiger partial charge >= 0.3 is 5.97 Å². The average molecular weight is 753 g/mol. The highest BCUT2D eigenvalue weighted by Crippen LogP contribution is 2.22. The first-order chi connectivity index (χ1) is 27.2. The first kappa shape index (κ1) is 39.1. The third-order valence-corrected chi connectivity index (χ3v) is 9.82. The van der Waals surface area contributed by atoms with E-state index in [1.807, 2.05) is 84.9 Å². The number of carbonyl (C=O) groups excluding carboxylic acids is 4. The maximum atomic E-state index is 14.4. The third kappa shape index (κ3) is 11.2. The Morgan fingerprint density at radius 2 is 1.20 bits per heavy atom. The number of ketones is 1. The van der Waals surface area contributed by atoms with Crippen LogP contribution in [0, 0.1) is 5.92 Å². The van der Waals surface area contributed by atoms with E-state index in [1.54, 1.807) is 48.8 Å². The van der Waals surface area contributed by atoms with Crippen LogP contribution in [0.5, 0.6) is 5.75 Å². The van der Waals surface area contributed by atoms with E-state index in [0.717, 1.165) is 27.8 Å². The van der Waals surface area contributed by atoms with Crippen molar-refractivity contribution in [3.05, 3.63) is 156 Å². The summed E-state index contributed by atoms with van der Waals surface area (Å²) in [6, 6.07) is 33.7. The van der Waals surface area contributed by atoms with Gasteiger partial charge in [-0.15, -0.1) is 0 Å². The van der Waals surface area contributed by atoms with E-state index in [1.165, 1.54) is 0 Å². The normalized spacial score (nSPS) is 19.6. The summed E-state index contributed by atoms with van der Waals surface area (Å²) in [5.41, 5.74) is 5.07. The summed E-state index contributed by atoms with van der Waals surface area (Å²) in [5.74, 6) is -4.06. The van der Waals surface area contributed by atoms with Gasteiger partial charge in [-0.3, -0.25) is 29.0 Å². The molecule has 3 heterocycles. The standard InChI is InChI=1S/C45H44N4O7/c50-41-28-36(45(54)55)25-31-13-18-37(19-14-31)56-29-42(51)47-39(27-33-21-23-46-24-22-33)43(52)49-40(44(53)48-38(41)20-15-30-7-3-1-4-8-30)26-32-11-16-35(17-12-32)34-9-5-2-6-10-34/h1-14,16-19,21-24,36,38-40H,15,20,25-29H2,(H,47,51)(H,48,53)(H,49,52)(H,54,55)/t36-,38-,39-,40+/m1/s1. The Morgan fingerprint density at radius 1 is 0.625 bits per heavy atom. The van der Waals surface area contributed by atoms with E-state index in [-0.39, 0.29) is 32.1 Å². The van der Waals surface area contributed by atoms with Crippen molar-refractivity contribution in [1.82, 2.24) is 20.9 Å². The summed E-state index contributed by atoms with van der Waals surface area (Å²) in [7, 11) is 0. The number of carbonyl (C=O) groups is 5. The molecule has 1 aromatic heterocycles. The van der Waals surface area contributed by atoms with Gasteiger partial charge in [0.15, 0.2) is 12.4 Å². The summed E-state index contributed by atoms with van der Waals surface area (Å²) in [4.78, 5) is 72.3. The molecule has 0 saturated carbocycles. The highest BCUT2D eigenvalue weighted by Gasteiger charge is 2.32. The van der Waals surface area contributed by atoms with E-state index in [9.17, 15) is 29.1 Å². The lowest BCUT2D eigenvalue weighted by Crippen LogP contribution is -2.57. The third-order valence-electron chi connectivity index (χ3n) is 9.82. The Hall–Kier alpha value is -6.62. The number of aromatic nitrogens is 1. The molecule has 0 spiro atoms. The smallest absolute Gasteiger partial charge is 0.307 e. The van der Waals surface area contributed by atoms with E-state index in [4.69, 9.17) is 4.74 Å². The van der Waals surface area contributed by atoms with E-state index in [2.05, 4.69) is 20.9 Å². The lowest BCUT2D eigenvalue weighted by Gasteiger charge is -2.26. The number of nitrogens with one attached hydrogen (secondary N) is 3. The topological polar surface area (TPSA) is 164 Å². The molecule has 4 atom stereocenters. The number of benzene rings is 4. The first-order valence-electron chi connectivity index (χ1n) is 18.6. The number of hydrogen-bond acceptors (Lipinski definition) is 7. The molecular weight excluding hydrogens is 709 g/mol. The van der Waals surface area contributed by atoms with Crippen molar-refractivity contribution in [3.63, 3.8) is 0 Å². The zero-order valence-corrected chi connectivity index (χ0v) is 30.8. The van der Waals surface area contributed by atoms with Crippen LogP contribution in [0.25, 0.3) is 11.1 Å². The molecule has 0 radical (unpaired) electrons. The number of aryl methyl sites for hydroxylation is 1. The number of amides is 3. The molecule has 4 N–H and O–H groups in total. The van der Waals surface area contributed by atoms with Crippen molar-refractivity contribution in [3.8, 4) is 16.9 Å². The van der Waals surface area contributed by atoms with E-state index in [0.29, 0.717) is 17.7 Å². The molecule has 0 saturated heterocycles. The predicted octanol–water partition coefficient (Wildman–Crippen LogP) is 4.92. The summed E-state index contributed by atoms with van der Waals surface area (Å²) in [6.07, 6.45) is 3.73. The quantitative estimate of drug-likeness (QED) is 0.154. The number of aliphatic carboxylic acids is 1. The zero-order chi connectivity index (χ0) is 39.3. The van der Waals surface area contributed by atoms with E-state index < -0.39 is 60.1 Å². The highest BCUT2D eigenvalue weighted by molar-refractivity contribution is 5.96. The van der Waals surface area contributed by atoms with Gasteiger partial charge in [0, 0.05) is 31.7 Å². The number of nitrogens with zero attached hydrogens (tertiary/aromatic N) is 1. The second-order valence-corrected chi connectivity index (χ2v) is 13.9. The molecule has 4 aromatic carbocycles. The fourth-order valence-corrected chi connectivity index (χ4v) is 6.71. The minimum atomic E-state index is -1.17. The molecule has 56 heavy (non-hydrogen) atoms. The molecule has 2 aliphatic heterocycles. The number of rotatable bonds is 9. The number of carboxylic acids is 1. The van der Waals surface area contributed by atoms with Gasteiger partial charge in [0.2, 0.25) is 11.8 Å². The van der Waals surface area contributed by atoms with Crippen molar-refractivity contribution in [2.24, 2.45) is 5.92 Å². The number of Topliss-reactive ketones (excluding diaryl/α,β-unsaturated/α-hetero) is 1. The fourth-order valence-electron chi connectivity index (χ4n) is 6.71. The second-order valence-electron chi connectivity index (χ2n) is 13.9. The average Bonchev–Trinajstić information content (AvgIpc) is 3.22. The van der Waals surface area contributed by atoms with Gasteiger partial charge in [-0.05, 0) is 76.9 Å². The molecule has 7 rings (SSSR count). The maximum Gasteiger partial charge on any atom is 0.307 e. The van der Waals surface area contributed by atoms with Crippen molar-refractivity contribution < 1.29 is 33.8 Å². The summed E-state index contributed by atoms with van der Waals surface area (Å²) >= 11 is 0. The number of pyridine rings is 1. The molecule has 3 amide bonds. The second kappa shape index (κ2) is 19.1. The van der Waals surface area contributed by atoms with Gasteiger partial charge in [-0.2, -0.15) is 0 Å². The lowest BCUT2D eigenvalue weighted by atomic mass is 9.90. The molecule has 0 fully saturated rings. The molecule has 5 aromatic rings. The van der Waals surface area contributed by atoms with Gasteiger partial charge in [0.1, 0.15) is 17.8 Å². The van der Waals surface area contributed by atoms with Crippen LogP contribution < -0.4 is 20.7 Å².